The lowest BCUT2D eigenvalue weighted by atomic mass is 10.7. The van der Waals surface area contributed by atoms with Crippen LogP contribution in [-0.4, -0.2) is 40.3 Å². The van der Waals surface area contributed by atoms with E-state index < -0.39 is 15.1 Å². The van der Waals surface area contributed by atoms with Gasteiger partial charge in [-0.15, -0.1) is 0 Å². The Hall–Kier alpha value is 0.350. The molecule has 0 rings (SSSR count). The quantitative estimate of drug-likeness (QED) is 0.726. The van der Waals surface area contributed by atoms with Crippen molar-refractivity contribution >= 4 is 20.3 Å². The molecule has 0 aliphatic carbocycles. The van der Waals surface area contributed by atoms with Crippen LogP contribution in [0, 0.1) is 0 Å². The number of nitrogens with zero attached hydrogens (tertiary/aromatic N) is 2. The number of rotatable bonds is 6. The maximum absolute atomic E-state index is 13.2. The van der Waals surface area contributed by atoms with Crippen molar-refractivity contribution in [2.24, 2.45) is 0 Å². The molecule has 0 atom stereocenters. The van der Waals surface area contributed by atoms with Gasteiger partial charge in [0.05, 0.1) is 9.61 Å². The van der Waals surface area contributed by atoms with Gasteiger partial charge < -0.3 is 0 Å². The van der Waals surface area contributed by atoms with Gasteiger partial charge in [-0.2, -0.15) is 13.2 Å². The minimum absolute atomic E-state index is 0.297. The highest BCUT2D eigenvalue weighted by molar-refractivity contribution is 8.48. The highest BCUT2D eigenvalue weighted by Gasteiger charge is 2.55. The fraction of sp³-hybridized carbons (Fsp3) is 1.00. The lowest BCUT2D eigenvalue weighted by Crippen LogP contribution is -2.44. The topological polar surface area (TPSA) is 6.48 Å². The van der Waals surface area contributed by atoms with E-state index in [9.17, 15) is 13.2 Å². The summed E-state index contributed by atoms with van der Waals surface area (Å²) in [6, 6.07) is 0. The molecule has 7 heteroatoms. The second-order valence-corrected chi connectivity index (χ2v) is 6.90. The zero-order valence-electron chi connectivity index (χ0n) is 10.1. The normalized spacial score (nSPS) is 14.9. The molecule has 0 N–H and O–H groups in total. The first kappa shape index (κ1) is 16.4. The summed E-state index contributed by atoms with van der Waals surface area (Å²) in [6.45, 7) is 7.98. The Balaban J connectivity index is 5.33. The third-order valence-corrected chi connectivity index (χ3v) is 7.08. The second kappa shape index (κ2) is 6.33. The van der Waals surface area contributed by atoms with Crippen LogP contribution in [0.5, 0.6) is 0 Å². The molecule has 0 aromatic carbocycles. The molecule has 0 spiro atoms. The summed E-state index contributed by atoms with van der Waals surface area (Å²) in [5.74, 6) is 0. The summed E-state index contributed by atoms with van der Waals surface area (Å²) in [6.07, 6.45) is 0. The van der Waals surface area contributed by atoms with Crippen molar-refractivity contribution in [2.75, 3.05) is 26.2 Å². The molecule has 0 saturated heterocycles. The Morgan fingerprint density at radius 1 is 0.875 bits per heavy atom. The molecule has 0 heterocycles. The SMILES string of the molecule is CCN(CC)S(Cl)(N(CC)CC)C(F)(F)F. The highest BCUT2D eigenvalue weighted by atomic mass is 35.7. The summed E-state index contributed by atoms with van der Waals surface area (Å²) in [4.78, 5) is 0. The average Bonchev–Trinajstić information content (AvgIpc) is 2.19. The van der Waals surface area contributed by atoms with E-state index >= 15 is 0 Å². The van der Waals surface area contributed by atoms with E-state index in [4.69, 9.17) is 10.7 Å². The Kier molecular flexibility index (Phi) is 6.47. The molecular weight excluding hydrogens is 261 g/mol. The molecule has 0 aliphatic rings. The first-order chi connectivity index (χ1) is 7.29. The van der Waals surface area contributed by atoms with Crippen molar-refractivity contribution in [3.05, 3.63) is 0 Å². The molecule has 0 aromatic heterocycles. The minimum Gasteiger partial charge on any atom is -0.238 e. The van der Waals surface area contributed by atoms with Crippen molar-refractivity contribution in [2.45, 2.75) is 33.2 Å². The Labute approximate surface area is 102 Å². The van der Waals surface area contributed by atoms with Gasteiger partial charge in [-0.05, 0) is 10.7 Å². The molecule has 0 radical (unpaired) electrons. The van der Waals surface area contributed by atoms with E-state index in [2.05, 4.69) is 0 Å². The number of alkyl halides is 3. The van der Waals surface area contributed by atoms with Crippen LogP contribution in [0.25, 0.3) is 0 Å². The van der Waals surface area contributed by atoms with Crippen LogP contribution in [-0.2, 0) is 0 Å². The first-order valence-electron chi connectivity index (χ1n) is 5.38. The molecule has 16 heavy (non-hydrogen) atoms. The Morgan fingerprint density at radius 3 is 1.25 bits per heavy atom. The number of hydrogen-bond donors (Lipinski definition) is 0. The first-order valence-corrected chi connectivity index (χ1v) is 7.76. The van der Waals surface area contributed by atoms with Crippen molar-refractivity contribution < 1.29 is 13.2 Å². The van der Waals surface area contributed by atoms with Crippen molar-refractivity contribution in [3.63, 3.8) is 0 Å². The third kappa shape index (κ3) is 2.97. The molecular formula is C9H20ClF3N2S. The molecule has 0 amide bonds. The summed E-state index contributed by atoms with van der Waals surface area (Å²) in [7, 11) is 2.56. The Bertz CT molecular complexity index is 193. The lowest BCUT2D eigenvalue weighted by Gasteiger charge is -2.49. The predicted octanol–water partition coefficient (Wildman–Crippen LogP) is 3.98. The van der Waals surface area contributed by atoms with E-state index in [-0.39, 0.29) is 0 Å². The lowest BCUT2D eigenvalue weighted by molar-refractivity contribution is -0.0452. The average molecular weight is 281 g/mol. The summed E-state index contributed by atoms with van der Waals surface area (Å²) in [5.41, 5.74) is -4.40. The Morgan fingerprint density at radius 2 is 1.12 bits per heavy atom. The van der Waals surface area contributed by atoms with Crippen LogP contribution in [0.4, 0.5) is 13.2 Å². The molecule has 0 fully saturated rings. The van der Waals surface area contributed by atoms with Crippen molar-refractivity contribution in [1.29, 1.82) is 0 Å². The van der Waals surface area contributed by atoms with Crippen LogP contribution >= 0.6 is 20.3 Å². The third-order valence-electron chi connectivity index (χ3n) is 2.39. The van der Waals surface area contributed by atoms with Gasteiger partial charge >= 0.3 is 5.51 Å². The van der Waals surface area contributed by atoms with Gasteiger partial charge in [-0.1, -0.05) is 27.7 Å². The van der Waals surface area contributed by atoms with Crippen LogP contribution in [0.3, 0.4) is 0 Å². The van der Waals surface area contributed by atoms with Gasteiger partial charge in [0.1, 0.15) is 0 Å². The van der Waals surface area contributed by atoms with Gasteiger partial charge in [-0.3, -0.25) is 0 Å². The summed E-state index contributed by atoms with van der Waals surface area (Å²) in [5, 5.41) is 0. The molecule has 100 valence electrons. The molecule has 2 nitrogen and oxygen atoms in total. The highest BCUT2D eigenvalue weighted by Crippen LogP contribution is 2.70. The molecule has 0 unspecified atom stereocenters. The second-order valence-electron chi connectivity index (χ2n) is 3.15. The maximum Gasteiger partial charge on any atom is 0.463 e. The van der Waals surface area contributed by atoms with E-state index in [0.717, 1.165) is 0 Å². The summed E-state index contributed by atoms with van der Waals surface area (Å²) >= 11 is 0. The summed E-state index contributed by atoms with van der Waals surface area (Å²) < 4.78 is 42.1. The van der Waals surface area contributed by atoms with Gasteiger partial charge in [0, 0.05) is 26.2 Å². The fourth-order valence-electron chi connectivity index (χ4n) is 1.59. The number of halogens is 4. The predicted molar refractivity (Wildman–Crippen MR) is 65.3 cm³/mol. The standard InChI is InChI=1S/C9H20ClF3N2S/c1-5-14(6-2)16(10,9(11,12)13)15(7-3)8-4/h5-8H2,1-4H3. The maximum atomic E-state index is 13.2. The molecule has 0 bridgehead atoms. The molecule has 0 aliphatic heterocycles. The van der Waals surface area contributed by atoms with Crippen molar-refractivity contribution in [3.8, 4) is 0 Å². The number of hydrogen-bond acceptors (Lipinski definition) is 2. The van der Waals surface area contributed by atoms with Gasteiger partial charge in [0.2, 0.25) is 0 Å². The monoisotopic (exact) mass is 280 g/mol. The largest absolute Gasteiger partial charge is 0.463 e. The van der Waals surface area contributed by atoms with Gasteiger partial charge in [0.25, 0.3) is 0 Å². The van der Waals surface area contributed by atoms with E-state index in [1.807, 2.05) is 0 Å². The van der Waals surface area contributed by atoms with Crippen molar-refractivity contribution in [1.82, 2.24) is 8.61 Å². The van der Waals surface area contributed by atoms with Gasteiger partial charge in [-0.25, -0.2) is 8.61 Å². The minimum atomic E-state index is -4.40. The molecule has 0 saturated carbocycles. The molecule has 0 aromatic rings. The zero-order chi connectivity index (χ0) is 13.0. The van der Waals surface area contributed by atoms with Crippen LogP contribution < -0.4 is 0 Å². The van der Waals surface area contributed by atoms with Crippen LogP contribution in [0.1, 0.15) is 27.7 Å². The zero-order valence-corrected chi connectivity index (χ0v) is 11.7. The van der Waals surface area contributed by atoms with E-state index in [1.165, 1.54) is 8.61 Å². The van der Waals surface area contributed by atoms with Crippen LogP contribution in [0.15, 0.2) is 0 Å². The van der Waals surface area contributed by atoms with Crippen LogP contribution in [0.2, 0.25) is 0 Å². The van der Waals surface area contributed by atoms with Gasteiger partial charge in [0.15, 0.2) is 0 Å². The smallest absolute Gasteiger partial charge is 0.238 e. The fourth-order valence-corrected chi connectivity index (χ4v) is 5.04. The van der Waals surface area contributed by atoms with E-state index in [0.29, 0.717) is 26.2 Å². The van der Waals surface area contributed by atoms with E-state index in [1.54, 1.807) is 27.7 Å².